The van der Waals surface area contributed by atoms with Crippen LogP contribution in [0.4, 0.5) is 0 Å². The maximum Gasteiger partial charge on any atom is 0.193 e. The second kappa shape index (κ2) is 4.01. The van der Waals surface area contributed by atoms with Gasteiger partial charge in [-0.15, -0.1) is 0 Å². The molecule has 1 saturated carbocycles. The molecule has 2 aromatic rings. The van der Waals surface area contributed by atoms with Crippen LogP contribution in [0.15, 0.2) is 23.1 Å². The van der Waals surface area contributed by atoms with E-state index in [2.05, 4.69) is 4.57 Å². The van der Waals surface area contributed by atoms with E-state index < -0.39 is 0 Å². The number of hydrogen-bond acceptors (Lipinski definition) is 3. The molecule has 0 amide bonds. The zero-order valence-corrected chi connectivity index (χ0v) is 12.0. The minimum absolute atomic E-state index is 0.0697. The quantitative estimate of drug-likeness (QED) is 0.785. The number of hydrogen-bond donors (Lipinski definition) is 2. The monoisotopic (exact) mass is 273 g/mol. The molecule has 0 aliphatic heterocycles. The summed E-state index contributed by atoms with van der Waals surface area (Å²) >= 11 is 0. The van der Waals surface area contributed by atoms with Crippen LogP contribution in [0.2, 0.25) is 0 Å². The molecule has 0 unspecified atom stereocenters. The largest absolute Gasteiger partial charge is 0.504 e. The lowest BCUT2D eigenvalue weighted by molar-refractivity contribution is 0.404. The first kappa shape index (κ1) is 13.0. The molecule has 2 N–H and O–H groups in total. The zero-order valence-electron chi connectivity index (χ0n) is 12.0. The van der Waals surface area contributed by atoms with E-state index in [0.29, 0.717) is 16.9 Å². The molecule has 0 bridgehead atoms. The first-order valence-corrected chi connectivity index (χ1v) is 6.90. The molecule has 4 nitrogen and oxygen atoms in total. The van der Waals surface area contributed by atoms with E-state index in [0.717, 1.165) is 18.4 Å². The van der Waals surface area contributed by atoms with Crippen LogP contribution in [0.25, 0.3) is 10.9 Å². The molecule has 1 aromatic carbocycles. The van der Waals surface area contributed by atoms with Crippen LogP contribution >= 0.6 is 0 Å². The third kappa shape index (κ3) is 1.96. The van der Waals surface area contributed by atoms with E-state index in [1.165, 1.54) is 12.1 Å². The Morgan fingerprint density at radius 3 is 2.30 bits per heavy atom. The molecule has 1 heterocycles. The van der Waals surface area contributed by atoms with Gasteiger partial charge in [0.25, 0.3) is 0 Å². The molecule has 1 fully saturated rings. The third-order valence-electron chi connectivity index (χ3n) is 3.88. The lowest BCUT2D eigenvalue weighted by Crippen LogP contribution is -2.25. The summed E-state index contributed by atoms with van der Waals surface area (Å²) < 4.78 is 2.07. The average Bonchev–Trinajstić information content (AvgIpc) is 3.15. The summed E-state index contributed by atoms with van der Waals surface area (Å²) in [5.74, 6) is -0.433. The molecule has 106 valence electrons. The molecule has 1 aliphatic rings. The first-order chi connectivity index (χ1) is 9.29. The highest BCUT2D eigenvalue weighted by molar-refractivity contribution is 5.83. The Hall–Kier alpha value is -1.97. The lowest BCUT2D eigenvalue weighted by atomic mass is 9.87. The minimum atomic E-state index is -0.255. The molecule has 1 aliphatic carbocycles. The van der Waals surface area contributed by atoms with Crippen LogP contribution in [0.3, 0.4) is 0 Å². The number of phenolic OH excluding ortho intramolecular Hbond substituents is 2. The minimum Gasteiger partial charge on any atom is -0.504 e. The zero-order chi connectivity index (χ0) is 14.7. The van der Waals surface area contributed by atoms with Gasteiger partial charge in [0.2, 0.25) is 0 Å². The number of benzene rings is 1. The Bertz CT molecular complexity index is 749. The number of phenols is 2. The Kier molecular flexibility index (Phi) is 2.61. The summed E-state index contributed by atoms with van der Waals surface area (Å²) in [5.41, 5.74) is 1.11. The maximum absolute atomic E-state index is 12.6. The van der Waals surface area contributed by atoms with E-state index in [-0.39, 0.29) is 22.3 Å². The predicted octanol–water partition coefficient (Wildman–Crippen LogP) is 3.05. The van der Waals surface area contributed by atoms with Crippen LogP contribution in [0, 0.1) is 0 Å². The number of nitrogens with zero attached hydrogens (tertiary/aromatic N) is 1. The van der Waals surface area contributed by atoms with Gasteiger partial charge < -0.3 is 14.8 Å². The molecule has 0 radical (unpaired) electrons. The Labute approximate surface area is 117 Å². The fourth-order valence-electron chi connectivity index (χ4n) is 2.56. The van der Waals surface area contributed by atoms with Crippen molar-refractivity contribution in [3.8, 4) is 11.5 Å². The van der Waals surface area contributed by atoms with Crippen molar-refractivity contribution in [3.63, 3.8) is 0 Å². The topological polar surface area (TPSA) is 62.5 Å². The van der Waals surface area contributed by atoms with Crippen LogP contribution < -0.4 is 5.43 Å². The summed E-state index contributed by atoms with van der Waals surface area (Å²) in [4.78, 5) is 12.6. The maximum atomic E-state index is 12.6. The van der Waals surface area contributed by atoms with Crippen LogP contribution in [-0.4, -0.2) is 14.8 Å². The SMILES string of the molecule is CC(C)(C)c1cn(C2CC2)c2cc(O)c(O)cc2c1=O. The van der Waals surface area contributed by atoms with Crippen LogP contribution in [0.5, 0.6) is 11.5 Å². The van der Waals surface area contributed by atoms with Crippen LogP contribution in [0.1, 0.15) is 45.2 Å². The second-order valence-electron chi connectivity index (χ2n) is 6.62. The van der Waals surface area contributed by atoms with Gasteiger partial charge in [0, 0.05) is 29.3 Å². The molecule has 4 heteroatoms. The highest BCUT2D eigenvalue weighted by Crippen LogP contribution is 2.39. The summed E-state index contributed by atoms with van der Waals surface area (Å²) in [6.45, 7) is 6.02. The van der Waals surface area contributed by atoms with Gasteiger partial charge in [0.15, 0.2) is 16.9 Å². The van der Waals surface area contributed by atoms with Crippen molar-refractivity contribution in [1.82, 2.24) is 4.57 Å². The molecule has 0 spiro atoms. The van der Waals surface area contributed by atoms with Gasteiger partial charge in [0.1, 0.15) is 0 Å². The summed E-state index contributed by atoms with van der Waals surface area (Å²) in [5, 5.41) is 19.9. The Morgan fingerprint density at radius 1 is 1.15 bits per heavy atom. The van der Waals surface area contributed by atoms with Gasteiger partial charge in [-0.3, -0.25) is 4.79 Å². The van der Waals surface area contributed by atoms with Gasteiger partial charge in [-0.25, -0.2) is 0 Å². The first-order valence-electron chi connectivity index (χ1n) is 6.90. The Morgan fingerprint density at radius 2 is 1.75 bits per heavy atom. The normalized spacial score (nSPS) is 15.8. The fraction of sp³-hybridized carbons (Fsp3) is 0.438. The Balaban J connectivity index is 2.43. The molecule has 3 rings (SSSR count). The molecular weight excluding hydrogens is 254 g/mol. The summed E-state index contributed by atoms with van der Waals surface area (Å²) in [6.07, 6.45) is 4.09. The van der Waals surface area contributed by atoms with E-state index >= 15 is 0 Å². The molecule has 0 atom stereocenters. The van der Waals surface area contributed by atoms with Crippen molar-refractivity contribution in [2.24, 2.45) is 0 Å². The number of pyridine rings is 1. The van der Waals surface area contributed by atoms with E-state index in [1.807, 2.05) is 27.0 Å². The van der Waals surface area contributed by atoms with E-state index in [1.54, 1.807) is 0 Å². The number of aromatic nitrogens is 1. The molecule has 1 aromatic heterocycles. The van der Waals surface area contributed by atoms with Crippen LogP contribution in [-0.2, 0) is 5.41 Å². The average molecular weight is 273 g/mol. The lowest BCUT2D eigenvalue weighted by Gasteiger charge is -2.21. The van der Waals surface area contributed by atoms with Crippen molar-refractivity contribution in [2.75, 3.05) is 0 Å². The highest BCUT2D eigenvalue weighted by atomic mass is 16.3. The summed E-state index contributed by atoms with van der Waals surface area (Å²) in [7, 11) is 0. The van der Waals surface area contributed by atoms with E-state index in [4.69, 9.17) is 0 Å². The van der Waals surface area contributed by atoms with Crippen molar-refractivity contribution >= 4 is 10.9 Å². The number of aromatic hydroxyl groups is 2. The van der Waals surface area contributed by atoms with Crippen molar-refractivity contribution < 1.29 is 10.2 Å². The van der Waals surface area contributed by atoms with Crippen molar-refractivity contribution in [2.45, 2.75) is 45.1 Å². The standard InChI is InChI=1S/C16H19NO3/c1-16(2,3)11-8-17(9-4-5-9)12-7-14(19)13(18)6-10(12)15(11)20/h6-9,18-19H,4-5H2,1-3H3. The molecule has 20 heavy (non-hydrogen) atoms. The highest BCUT2D eigenvalue weighted by Gasteiger charge is 2.28. The predicted molar refractivity (Wildman–Crippen MR) is 78.5 cm³/mol. The van der Waals surface area contributed by atoms with Gasteiger partial charge in [-0.1, -0.05) is 20.8 Å². The summed E-state index contributed by atoms with van der Waals surface area (Å²) in [6, 6.07) is 3.25. The smallest absolute Gasteiger partial charge is 0.193 e. The van der Waals surface area contributed by atoms with Gasteiger partial charge in [-0.05, 0) is 24.3 Å². The van der Waals surface area contributed by atoms with Gasteiger partial charge in [-0.2, -0.15) is 0 Å². The van der Waals surface area contributed by atoms with E-state index in [9.17, 15) is 15.0 Å². The number of fused-ring (bicyclic) bond motifs is 1. The second-order valence-corrected chi connectivity index (χ2v) is 6.62. The van der Waals surface area contributed by atoms with Gasteiger partial charge in [0.05, 0.1) is 5.52 Å². The molecule has 0 saturated heterocycles. The van der Waals surface area contributed by atoms with Crippen molar-refractivity contribution in [3.05, 3.63) is 34.1 Å². The fourth-order valence-corrected chi connectivity index (χ4v) is 2.56. The van der Waals surface area contributed by atoms with Gasteiger partial charge >= 0.3 is 0 Å². The third-order valence-corrected chi connectivity index (χ3v) is 3.88. The molecular formula is C16H19NO3. The van der Waals surface area contributed by atoms with Crippen molar-refractivity contribution in [1.29, 1.82) is 0 Å². The number of rotatable bonds is 1.